The summed E-state index contributed by atoms with van der Waals surface area (Å²) < 4.78 is 11.9. The normalized spacial score (nSPS) is 11.2. The molecule has 37 heavy (non-hydrogen) atoms. The quantitative estimate of drug-likeness (QED) is 0.177. The van der Waals surface area contributed by atoms with Crippen LogP contribution in [0.15, 0.2) is 108 Å². The van der Waals surface area contributed by atoms with Crippen molar-refractivity contribution in [2.75, 3.05) is 6.61 Å². The Balaban J connectivity index is 1.36. The van der Waals surface area contributed by atoms with Crippen LogP contribution in [0.4, 0.5) is 0 Å². The lowest BCUT2D eigenvalue weighted by atomic mass is 10.0. The van der Waals surface area contributed by atoms with E-state index in [1.807, 2.05) is 54.6 Å². The van der Waals surface area contributed by atoms with Gasteiger partial charge in [0.25, 0.3) is 5.91 Å². The summed E-state index contributed by atoms with van der Waals surface area (Å²) in [5.74, 6) is 1.14. The maximum absolute atomic E-state index is 12.6. The topological polar surface area (TPSA) is 59.9 Å². The van der Waals surface area contributed by atoms with Crippen molar-refractivity contribution < 1.29 is 14.3 Å². The molecule has 0 radical (unpaired) electrons. The molecule has 1 amide bonds. The molecule has 5 heteroatoms. The molecule has 5 nitrogen and oxygen atoms in total. The standard InChI is InChI=1S/C32H28N2O3/c1-2-20-36-27-17-14-25(15-18-27)32(35)34-33-21-30-29-13-6-4-9-24(29)16-19-31(30)37-22-26-11-7-10-23-8-3-5-12-28(23)26/h3-19,21H,2,20,22H2,1H3,(H,34,35)/b33-21+. The average Bonchev–Trinajstić information content (AvgIpc) is 2.95. The molecule has 0 atom stereocenters. The molecule has 0 aliphatic rings. The maximum atomic E-state index is 12.6. The lowest BCUT2D eigenvalue weighted by Gasteiger charge is -2.13. The second-order valence-corrected chi connectivity index (χ2v) is 8.70. The van der Waals surface area contributed by atoms with Crippen LogP contribution in [-0.4, -0.2) is 18.7 Å². The molecule has 0 saturated heterocycles. The van der Waals surface area contributed by atoms with Crippen LogP contribution in [0.5, 0.6) is 11.5 Å². The number of hydrogen-bond acceptors (Lipinski definition) is 4. The summed E-state index contributed by atoms with van der Waals surface area (Å²) in [6, 6.07) is 33.6. The van der Waals surface area contributed by atoms with Crippen molar-refractivity contribution in [1.82, 2.24) is 5.43 Å². The highest BCUT2D eigenvalue weighted by atomic mass is 16.5. The Morgan fingerprint density at radius 2 is 1.49 bits per heavy atom. The third kappa shape index (κ3) is 5.62. The van der Waals surface area contributed by atoms with Crippen LogP contribution in [0.25, 0.3) is 21.5 Å². The third-order valence-electron chi connectivity index (χ3n) is 6.14. The largest absolute Gasteiger partial charge is 0.494 e. The average molecular weight is 489 g/mol. The number of nitrogens with one attached hydrogen (secondary N) is 1. The van der Waals surface area contributed by atoms with E-state index >= 15 is 0 Å². The Morgan fingerprint density at radius 3 is 2.27 bits per heavy atom. The van der Waals surface area contributed by atoms with Crippen molar-refractivity contribution in [3.63, 3.8) is 0 Å². The zero-order valence-corrected chi connectivity index (χ0v) is 20.7. The minimum Gasteiger partial charge on any atom is -0.494 e. The second kappa shape index (κ2) is 11.4. The molecular weight excluding hydrogens is 460 g/mol. The molecular formula is C32H28N2O3. The van der Waals surface area contributed by atoms with E-state index in [4.69, 9.17) is 9.47 Å². The summed E-state index contributed by atoms with van der Waals surface area (Å²) in [4.78, 5) is 12.6. The molecule has 0 bridgehead atoms. The first-order valence-corrected chi connectivity index (χ1v) is 12.4. The molecule has 0 aromatic heterocycles. The molecule has 0 aliphatic carbocycles. The summed E-state index contributed by atoms with van der Waals surface area (Å²) >= 11 is 0. The highest BCUT2D eigenvalue weighted by molar-refractivity contribution is 6.03. The van der Waals surface area contributed by atoms with Gasteiger partial charge in [0.05, 0.1) is 12.8 Å². The van der Waals surface area contributed by atoms with Crippen LogP contribution < -0.4 is 14.9 Å². The fourth-order valence-electron chi connectivity index (χ4n) is 4.25. The summed E-state index contributed by atoms with van der Waals surface area (Å²) in [6.07, 6.45) is 2.58. The van der Waals surface area contributed by atoms with Gasteiger partial charge in [0.1, 0.15) is 18.1 Å². The number of hydrazone groups is 1. The van der Waals surface area contributed by atoms with Gasteiger partial charge in [-0.05, 0) is 63.9 Å². The molecule has 0 unspecified atom stereocenters. The van der Waals surface area contributed by atoms with E-state index in [9.17, 15) is 4.79 Å². The van der Waals surface area contributed by atoms with Crippen LogP contribution in [-0.2, 0) is 6.61 Å². The smallest absolute Gasteiger partial charge is 0.271 e. The fourth-order valence-corrected chi connectivity index (χ4v) is 4.25. The molecule has 184 valence electrons. The van der Waals surface area contributed by atoms with E-state index in [2.05, 4.69) is 41.7 Å². The zero-order valence-electron chi connectivity index (χ0n) is 20.7. The Labute approximate surface area is 216 Å². The van der Waals surface area contributed by atoms with E-state index in [1.54, 1.807) is 30.5 Å². The van der Waals surface area contributed by atoms with Gasteiger partial charge in [-0.25, -0.2) is 5.43 Å². The molecule has 0 fully saturated rings. The van der Waals surface area contributed by atoms with E-state index < -0.39 is 0 Å². The Bertz CT molecular complexity index is 1550. The Morgan fingerprint density at radius 1 is 0.784 bits per heavy atom. The number of ether oxygens (including phenoxy) is 2. The van der Waals surface area contributed by atoms with E-state index in [0.717, 1.165) is 34.1 Å². The van der Waals surface area contributed by atoms with Gasteiger partial charge in [-0.15, -0.1) is 0 Å². The van der Waals surface area contributed by atoms with Gasteiger partial charge in [0.15, 0.2) is 0 Å². The predicted molar refractivity (Wildman–Crippen MR) is 150 cm³/mol. The van der Waals surface area contributed by atoms with Crippen molar-refractivity contribution in [2.24, 2.45) is 5.10 Å². The van der Waals surface area contributed by atoms with Gasteiger partial charge in [-0.3, -0.25) is 4.79 Å². The number of benzene rings is 5. The van der Waals surface area contributed by atoms with Crippen LogP contribution >= 0.6 is 0 Å². The minimum atomic E-state index is -0.295. The van der Waals surface area contributed by atoms with Gasteiger partial charge in [-0.2, -0.15) is 5.10 Å². The van der Waals surface area contributed by atoms with Crippen LogP contribution in [0.2, 0.25) is 0 Å². The lowest BCUT2D eigenvalue weighted by molar-refractivity contribution is 0.0955. The van der Waals surface area contributed by atoms with Gasteiger partial charge in [0.2, 0.25) is 0 Å². The first kappa shape index (κ1) is 24.1. The van der Waals surface area contributed by atoms with Crippen molar-refractivity contribution in [3.05, 3.63) is 120 Å². The number of rotatable bonds is 9. The number of carbonyl (C=O) groups excluding carboxylic acids is 1. The van der Waals surface area contributed by atoms with Gasteiger partial charge < -0.3 is 9.47 Å². The van der Waals surface area contributed by atoms with Crippen molar-refractivity contribution in [3.8, 4) is 11.5 Å². The first-order valence-electron chi connectivity index (χ1n) is 12.4. The Kier molecular flexibility index (Phi) is 7.42. The number of fused-ring (bicyclic) bond motifs is 2. The van der Waals surface area contributed by atoms with E-state index in [1.165, 1.54) is 10.8 Å². The zero-order chi connectivity index (χ0) is 25.5. The highest BCUT2D eigenvalue weighted by Crippen LogP contribution is 2.28. The fraction of sp³-hybridized carbons (Fsp3) is 0.125. The number of nitrogens with zero attached hydrogens (tertiary/aromatic N) is 1. The summed E-state index contributed by atoms with van der Waals surface area (Å²) in [7, 11) is 0. The Hall–Kier alpha value is -4.64. The van der Waals surface area contributed by atoms with Crippen molar-refractivity contribution >= 4 is 33.7 Å². The van der Waals surface area contributed by atoms with E-state index in [0.29, 0.717) is 24.5 Å². The molecule has 5 aromatic rings. The maximum Gasteiger partial charge on any atom is 0.271 e. The molecule has 5 aromatic carbocycles. The van der Waals surface area contributed by atoms with E-state index in [-0.39, 0.29) is 5.91 Å². The predicted octanol–water partition coefficient (Wildman–Crippen LogP) is 7.12. The van der Waals surface area contributed by atoms with Gasteiger partial charge >= 0.3 is 0 Å². The number of amides is 1. The molecule has 1 N–H and O–H groups in total. The SMILES string of the molecule is CCCOc1ccc(C(=O)N/N=C/c2c(OCc3cccc4ccccc34)ccc3ccccc23)cc1. The van der Waals surface area contributed by atoms with Gasteiger partial charge in [-0.1, -0.05) is 79.7 Å². The van der Waals surface area contributed by atoms with Crippen LogP contribution in [0.1, 0.15) is 34.8 Å². The van der Waals surface area contributed by atoms with Crippen LogP contribution in [0, 0.1) is 0 Å². The highest BCUT2D eigenvalue weighted by Gasteiger charge is 2.10. The summed E-state index contributed by atoms with van der Waals surface area (Å²) in [5, 5.41) is 8.67. The lowest BCUT2D eigenvalue weighted by Crippen LogP contribution is -2.17. The van der Waals surface area contributed by atoms with Crippen molar-refractivity contribution in [1.29, 1.82) is 0 Å². The molecule has 0 heterocycles. The first-order chi connectivity index (χ1) is 18.2. The minimum absolute atomic E-state index is 0.295. The summed E-state index contributed by atoms with van der Waals surface area (Å²) in [5.41, 5.74) is 5.05. The second-order valence-electron chi connectivity index (χ2n) is 8.70. The van der Waals surface area contributed by atoms with Crippen molar-refractivity contribution in [2.45, 2.75) is 20.0 Å². The molecule has 5 rings (SSSR count). The molecule has 0 spiro atoms. The number of hydrogen-bond donors (Lipinski definition) is 1. The van der Waals surface area contributed by atoms with Crippen LogP contribution in [0.3, 0.4) is 0 Å². The van der Waals surface area contributed by atoms with Gasteiger partial charge in [0, 0.05) is 11.1 Å². The molecule has 0 aliphatic heterocycles. The monoisotopic (exact) mass is 488 g/mol. The summed E-state index contributed by atoms with van der Waals surface area (Å²) in [6.45, 7) is 3.11. The third-order valence-corrected chi connectivity index (χ3v) is 6.14. The molecule has 0 saturated carbocycles. The number of carbonyl (C=O) groups is 1.